The third kappa shape index (κ3) is 2.47. The highest BCUT2D eigenvalue weighted by molar-refractivity contribution is 5.83. The normalized spacial score (nSPS) is 12.8. The Balaban J connectivity index is 2.11. The van der Waals surface area contributed by atoms with Crippen molar-refractivity contribution in [2.45, 2.75) is 18.9 Å². The highest BCUT2D eigenvalue weighted by Crippen LogP contribution is 2.19. The number of aliphatic carboxylic acids is 1. The van der Waals surface area contributed by atoms with Gasteiger partial charge in [-0.1, -0.05) is 18.2 Å². The van der Waals surface area contributed by atoms with E-state index >= 15 is 0 Å². The molecule has 1 aromatic heterocycles. The van der Waals surface area contributed by atoms with Crippen LogP contribution >= 0.6 is 0 Å². The number of benzene rings is 1. The number of carbonyl (C=O) groups is 1. The summed E-state index contributed by atoms with van der Waals surface area (Å²) in [4.78, 5) is 14.1. The first-order valence-electron chi connectivity index (χ1n) is 5.67. The van der Waals surface area contributed by atoms with Crippen LogP contribution in [0.1, 0.15) is 12.0 Å². The number of aromatic nitrogens is 1. The summed E-state index contributed by atoms with van der Waals surface area (Å²) in [6, 6.07) is 7.56. The Morgan fingerprint density at radius 3 is 2.94 bits per heavy atom. The molecule has 17 heavy (non-hydrogen) atoms. The zero-order valence-corrected chi connectivity index (χ0v) is 9.73. The number of aryl methyl sites for hydroxylation is 1. The van der Waals surface area contributed by atoms with Gasteiger partial charge in [-0.2, -0.15) is 0 Å². The third-order valence-corrected chi connectivity index (χ3v) is 3.02. The lowest BCUT2D eigenvalue weighted by Crippen LogP contribution is -2.34. The highest BCUT2D eigenvalue weighted by atomic mass is 16.4. The molecule has 0 bridgehead atoms. The van der Waals surface area contributed by atoms with Crippen LogP contribution in [0.3, 0.4) is 0 Å². The molecule has 0 radical (unpaired) electrons. The number of rotatable bonds is 5. The maximum absolute atomic E-state index is 10.9. The van der Waals surface area contributed by atoms with E-state index in [4.69, 9.17) is 5.11 Å². The van der Waals surface area contributed by atoms with Crippen molar-refractivity contribution >= 4 is 16.9 Å². The van der Waals surface area contributed by atoms with E-state index in [0.717, 1.165) is 11.9 Å². The number of carboxylic acid groups (broad SMARTS) is 1. The van der Waals surface area contributed by atoms with E-state index in [1.807, 2.05) is 24.4 Å². The SMILES string of the molecule is CNC(CCc1c[nH]c2ccccc12)C(=O)O. The Kier molecular flexibility index (Phi) is 3.44. The van der Waals surface area contributed by atoms with E-state index in [-0.39, 0.29) is 0 Å². The Morgan fingerprint density at radius 1 is 1.47 bits per heavy atom. The van der Waals surface area contributed by atoms with Gasteiger partial charge in [0.05, 0.1) is 0 Å². The maximum Gasteiger partial charge on any atom is 0.320 e. The number of fused-ring (bicyclic) bond motifs is 1. The molecular weight excluding hydrogens is 216 g/mol. The summed E-state index contributed by atoms with van der Waals surface area (Å²) in [5.41, 5.74) is 2.26. The summed E-state index contributed by atoms with van der Waals surface area (Å²) in [7, 11) is 1.67. The van der Waals surface area contributed by atoms with E-state index < -0.39 is 12.0 Å². The van der Waals surface area contributed by atoms with Crippen LogP contribution in [0.25, 0.3) is 10.9 Å². The largest absolute Gasteiger partial charge is 0.480 e. The molecule has 0 aliphatic rings. The van der Waals surface area contributed by atoms with Crippen molar-refractivity contribution in [3.05, 3.63) is 36.0 Å². The molecule has 4 nitrogen and oxygen atoms in total. The lowest BCUT2D eigenvalue weighted by Gasteiger charge is -2.09. The first-order valence-corrected chi connectivity index (χ1v) is 5.67. The first-order chi connectivity index (χ1) is 8.22. The number of H-pyrrole nitrogens is 1. The summed E-state index contributed by atoms with van der Waals surface area (Å²) < 4.78 is 0. The lowest BCUT2D eigenvalue weighted by atomic mass is 10.0. The lowest BCUT2D eigenvalue weighted by molar-refractivity contribution is -0.139. The van der Waals surface area contributed by atoms with Crippen LogP contribution in [0.2, 0.25) is 0 Å². The smallest absolute Gasteiger partial charge is 0.320 e. The van der Waals surface area contributed by atoms with Crippen LogP contribution in [0.5, 0.6) is 0 Å². The second kappa shape index (κ2) is 5.01. The highest BCUT2D eigenvalue weighted by Gasteiger charge is 2.15. The van der Waals surface area contributed by atoms with Crippen molar-refractivity contribution in [2.24, 2.45) is 0 Å². The number of aromatic amines is 1. The quantitative estimate of drug-likeness (QED) is 0.736. The third-order valence-electron chi connectivity index (χ3n) is 3.02. The van der Waals surface area contributed by atoms with E-state index in [1.54, 1.807) is 7.05 Å². The van der Waals surface area contributed by atoms with Gasteiger partial charge in [0.25, 0.3) is 0 Å². The molecular formula is C13H16N2O2. The van der Waals surface area contributed by atoms with Crippen molar-refractivity contribution in [3.63, 3.8) is 0 Å². The second-order valence-corrected chi connectivity index (χ2v) is 4.08. The second-order valence-electron chi connectivity index (χ2n) is 4.08. The van der Waals surface area contributed by atoms with E-state index in [1.165, 1.54) is 10.9 Å². The van der Waals surface area contributed by atoms with Gasteiger partial charge < -0.3 is 15.4 Å². The first kappa shape index (κ1) is 11.7. The molecule has 0 fully saturated rings. The maximum atomic E-state index is 10.9. The molecule has 1 atom stereocenters. The number of para-hydroxylation sites is 1. The van der Waals surface area contributed by atoms with Crippen molar-refractivity contribution in [1.29, 1.82) is 0 Å². The van der Waals surface area contributed by atoms with Crippen molar-refractivity contribution in [2.75, 3.05) is 7.05 Å². The minimum Gasteiger partial charge on any atom is -0.480 e. The summed E-state index contributed by atoms with van der Waals surface area (Å²) in [5, 5.41) is 12.9. The zero-order valence-electron chi connectivity index (χ0n) is 9.73. The molecule has 0 aliphatic heterocycles. The van der Waals surface area contributed by atoms with Gasteiger partial charge in [-0.3, -0.25) is 4.79 Å². The molecule has 0 amide bonds. The van der Waals surface area contributed by atoms with Crippen LogP contribution in [0.15, 0.2) is 30.5 Å². The van der Waals surface area contributed by atoms with Crippen LogP contribution in [0, 0.1) is 0 Å². The van der Waals surface area contributed by atoms with Crippen LogP contribution in [0.4, 0.5) is 0 Å². The predicted molar refractivity (Wildman–Crippen MR) is 67.1 cm³/mol. The van der Waals surface area contributed by atoms with Crippen molar-refractivity contribution < 1.29 is 9.90 Å². The standard InChI is InChI=1S/C13H16N2O2/c1-14-12(13(16)17)7-6-9-8-15-11-5-3-2-4-10(9)11/h2-5,8,12,14-15H,6-7H2,1H3,(H,16,17). The van der Waals surface area contributed by atoms with E-state index in [2.05, 4.69) is 16.4 Å². The summed E-state index contributed by atoms with van der Waals surface area (Å²) in [5.74, 6) is -0.799. The van der Waals surface area contributed by atoms with Crippen molar-refractivity contribution in [3.8, 4) is 0 Å². The van der Waals surface area contributed by atoms with Gasteiger partial charge in [0.2, 0.25) is 0 Å². The molecule has 2 aromatic rings. The molecule has 1 heterocycles. The minimum absolute atomic E-state index is 0.483. The van der Waals surface area contributed by atoms with Gasteiger partial charge in [0.1, 0.15) is 6.04 Å². The Labute approximate surface area is 99.7 Å². The number of nitrogens with one attached hydrogen (secondary N) is 2. The minimum atomic E-state index is -0.799. The molecule has 0 aliphatic carbocycles. The number of likely N-dealkylation sites (N-methyl/N-ethyl adjacent to an activating group) is 1. The van der Waals surface area contributed by atoms with Gasteiger partial charge in [-0.05, 0) is 31.5 Å². The van der Waals surface area contributed by atoms with Gasteiger partial charge in [-0.15, -0.1) is 0 Å². The molecule has 90 valence electrons. The van der Waals surface area contributed by atoms with Gasteiger partial charge in [0, 0.05) is 17.1 Å². The monoisotopic (exact) mass is 232 g/mol. The fourth-order valence-electron chi connectivity index (χ4n) is 2.03. The molecule has 2 rings (SSSR count). The van der Waals surface area contributed by atoms with Crippen LogP contribution in [-0.2, 0) is 11.2 Å². The summed E-state index contributed by atoms with van der Waals surface area (Å²) in [6.07, 6.45) is 3.30. The number of hydrogen-bond donors (Lipinski definition) is 3. The predicted octanol–water partition coefficient (Wildman–Crippen LogP) is 1.77. The van der Waals surface area contributed by atoms with E-state index in [0.29, 0.717) is 6.42 Å². The molecule has 1 aromatic carbocycles. The zero-order chi connectivity index (χ0) is 12.3. The molecule has 0 saturated carbocycles. The topological polar surface area (TPSA) is 65.1 Å². The summed E-state index contributed by atoms with van der Waals surface area (Å²) >= 11 is 0. The fraction of sp³-hybridized carbons (Fsp3) is 0.308. The molecule has 1 unspecified atom stereocenters. The van der Waals surface area contributed by atoms with E-state index in [9.17, 15) is 4.79 Å². The molecule has 4 heteroatoms. The van der Waals surface area contributed by atoms with Gasteiger partial charge >= 0.3 is 5.97 Å². The summed E-state index contributed by atoms with van der Waals surface area (Å²) in [6.45, 7) is 0. The van der Waals surface area contributed by atoms with Crippen LogP contribution in [-0.4, -0.2) is 29.1 Å². The van der Waals surface area contributed by atoms with Crippen molar-refractivity contribution in [1.82, 2.24) is 10.3 Å². The molecule has 0 saturated heterocycles. The Morgan fingerprint density at radius 2 is 2.24 bits per heavy atom. The van der Waals surface area contributed by atoms with Gasteiger partial charge in [-0.25, -0.2) is 0 Å². The van der Waals surface area contributed by atoms with Crippen LogP contribution < -0.4 is 5.32 Å². The average Bonchev–Trinajstić information content (AvgIpc) is 2.73. The Bertz CT molecular complexity index is 519. The molecule has 0 spiro atoms. The Hall–Kier alpha value is -1.81. The van der Waals surface area contributed by atoms with Gasteiger partial charge in [0.15, 0.2) is 0 Å². The fourth-order valence-corrected chi connectivity index (χ4v) is 2.03. The molecule has 3 N–H and O–H groups in total. The average molecular weight is 232 g/mol. The number of hydrogen-bond acceptors (Lipinski definition) is 2. The number of carboxylic acids is 1.